The Kier molecular flexibility index (Phi) is 3.11. The lowest BCUT2D eigenvalue weighted by atomic mass is 10.2. The zero-order chi connectivity index (χ0) is 12.5. The van der Waals surface area contributed by atoms with Crippen molar-refractivity contribution in [1.29, 1.82) is 0 Å². The Labute approximate surface area is 102 Å². The number of hydrogen-bond acceptors (Lipinski definition) is 4. The summed E-state index contributed by atoms with van der Waals surface area (Å²) in [7, 11) is 0.947. The van der Waals surface area contributed by atoms with E-state index in [0.29, 0.717) is 0 Å². The van der Waals surface area contributed by atoms with Crippen LogP contribution in [-0.2, 0) is 9.84 Å². The summed E-state index contributed by atoms with van der Waals surface area (Å²) in [5.74, 6) is 0.138. The van der Waals surface area contributed by atoms with Crippen molar-refractivity contribution in [2.45, 2.75) is 6.04 Å². The fraction of sp³-hybridized carbons (Fsp3) is 0.333. The van der Waals surface area contributed by atoms with Gasteiger partial charge in [-0.25, -0.2) is 8.42 Å². The summed E-state index contributed by atoms with van der Waals surface area (Å²) in [6.07, 6.45) is 1.69. The fourth-order valence-electron chi connectivity index (χ4n) is 1.75. The van der Waals surface area contributed by atoms with Crippen molar-refractivity contribution in [3.05, 3.63) is 35.7 Å². The molecule has 0 amide bonds. The second kappa shape index (κ2) is 4.41. The maximum atomic E-state index is 11.3. The summed E-state index contributed by atoms with van der Waals surface area (Å²) >= 11 is 0. The van der Waals surface area contributed by atoms with Crippen LogP contribution in [0.3, 0.4) is 0 Å². The van der Waals surface area contributed by atoms with Crippen LogP contribution >= 0.6 is 0 Å². The average Bonchev–Trinajstić information content (AvgIpc) is 2.58. The van der Waals surface area contributed by atoms with Crippen molar-refractivity contribution in [3.63, 3.8) is 0 Å². The van der Waals surface area contributed by atoms with Crippen LogP contribution in [-0.4, -0.2) is 34.3 Å². The number of nitrogens with zero attached hydrogens (tertiary/aromatic N) is 1. The van der Waals surface area contributed by atoms with Crippen LogP contribution in [0.5, 0.6) is 0 Å². The van der Waals surface area contributed by atoms with Gasteiger partial charge in [-0.3, -0.25) is 0 Å². The standard InChI is InChI=1S/C12H16N2O2S/c1-14(2)12-5-3-4-10(8-12)13-11-6-7-17(15,16)9-11/h3-8,11,13H,9H2,1-2H3. The molecule has 1 atom stereocenters. The minimum Gasteiger partial charge on any atom is -0.378 e. The molecule has 1 aliphatic rings. The van der Waals surface area contributed by atoms with Crippen LogP contribution in [0.2, 0.25) is 0 Å². The topological polar surface area (TPSA) is 49.4 Å². The van der Waals surface area contributed by atoms with E-state index in [0.717, 1.165) is 11.4 Å². The molecule has 1 unspecified atom stereocenters. The molecule has 5 heteroatoms. The van der Waals surface area contributed by atoms with Gasteiger partial charge >= 0.3 is 0 Å². The second-order valence-electron chi connectivity index (χ2n) is 4.35. The first kappa shape index (κ1) is 12.0. The van der Waals surface area contributed by atoms with E-state index in [1.54, 1.807) is 6.08 Å². The Morgan fingerprint density at radius 1 is 1.35 bits per heavy atom. The van der Waals surface area contributed by atoms with E-state index < -0.39 is 9.84 Å². The largest absolute Gasteiger partial charge is 0.378 e. The van der Waals surface area contributed by atoms with Crippen molar-refractivity contribution in [2.75, 3.05) is 30.1 Å². The average molecular weight is 252 g/mol. The Morgan fingerprint density at radius 3 is 2.71 bits per heavy atom. The number of sulfone groups is 1. The highest BCUT2D eigenvalue weighted by Gasteiger charge is 2.21. The summed E-state index contributed by atoms with van der Waals surface area (Å²) in [6.45, 7) is 0. The van der Waals surface area contributed by atoms with Crippen molar-refractivity contribution in [1.82, 2.24) is 0 Å². The lowest BCUT2D eigenvalue weighted by Gasteiger charge is -2.16. The SMILES string of the molecule is CN(C)c1cccc(NC2C=CS(=O)(=O)C2)c1. The molecule has 1 aromatic carbocycles. The molecule has 0 fully saturated rings. The molecule has 0 saturated carbocycles. The molecule has 1 N–H and O–H groups in total. The molecule has 0 aromatic heterocycles. The van der Waals surface area contributed by atoms with E-state index in [4.69, 9.17) is 0 Å². The summed E-state index contributed by atoms with van der Waals surface area (Å²) in [5, 5.41) is 4.48. The molecule has 2 rings (SSSR count). The van der Waals surface area contributed by atoms with Gasteiger partial charge in [-0.05, 0) is 18.2 Å². The number of benzene rings is 1. The smallest absolute Gasteiger partial charge is 0.173 e. The normalized spacial score (nSPS) is 21.4. The third-order valence-electron chi connectivity index (χ3n) is 2.64. The highest BCUT2D eigenvalue weighted by atomic mass is 32.2. The second-order valence-corrected chi connectivity index (χ2v) is 6.28. The van der Waals surface area contributed by atoms with Crippen molar-refractivity contribution in [2.24, 2.45) is 0 Å². The minimum atomic E-state index is -3.00. The first-order valence-corrected chi connectivity index (χ1v) is 7.13. The minimum absolute atomic E-state index is 0.127. The zero-order valence-corrected chi connectivity index (χ0v) is 10.7. The maximum absolute atomic E-state index is 11.3. The fourth-order valence-corrected chi connectivity index (χ4v) is 2.99. The third-order valence-corrected chi connectivity index (χ3v) is 4.04. The lowest BCUT2D eigenvalue weighted by molar-refractivity contribution is 0.605. The molecule has 1 heterocycles. The Balaban J connectivity index is 2.10. The molecule has 92 valence electrons. The molecule has 1 aromatic rings. The van der Waals surface area contributed by atoms with E-state index in [2.05, 4.69) is 5.32 Å². The molecule has 0 spiro atoms. The molecular weight excluding hydrogens is 236 g/mol. The molecule has 1 aliphatic heterocycles. The molecule has 0 bridgehead atoms. The van der Waals surface area contributed by atoms with Crippen LogP contribution < -0.4 is 10.2 Å². The Morgan fingerprint density at radius 2 is 2.12 bits per heavy atom. The number of anilines is 2. The first-order valence-electron chi connectivity index (χ1n) is 5.41. The molecule has 0 saturated heterocycles. The molecular formula is C12H16N2O2S. The predicted molar refractivity (Wildman–Crippen MR) is 71.1 cm³/mol. The van der Waals surface area contributed by atoms with Crippen LogP contribution in [0.4, 0.5) is 11.4 Å². The van der Waals surface area contributed by atoms with Crippen LogP contribution in [0, 0.1) is 0 Å². The third kappa shape index (κ3) is 3.00. The van der Waals surface area contributed by atoms with E-state index in [1.165, 1.54) is 5.41 Å². The van der Waals surface area contributed by atoms with E-state index >= 15 is 0 Å². The van der Waals surface area contributed by atoms with E-state index in [9.17, 15) is 8.42 Å². The molecule has 17 heavy (non-hydrogen) atoms. The van der Waals surface area contributed by atoms with Crippen LogP contribution in [0.15, 0.2) is 35.7 Å². The number of rotatable bonds is 3. The van der Waals surface area contributed by atoms with E-state index in [1.807, 2.05) is 43.3 Å². The first-order chi connectivity index (χ1) is 7.96. The van der Waals surface area contributed by atoms with Gasteiger partial charge in [0.15, 0.2) is 9.84 Å². The van der Waals surface area contributed by atoms with Gasteiger partial charge in [0.1, 0.15) is 0 Å². The zero-order valence-electron chi connectivity index (χ0n) is 9.92. The monoisotopic (exact) mass is 252 g/mol. The van der Waals surface area contributed by atoms with Crippen molar-refractivity contribution >= 4 is 21.2 Å². The van der Waals surface area contributed by atoms with Gasteiger partial charge in [-0.15, -0.1) is 0 Å². The van der Waals surface area contributed by atoms with Gasteiger partial charge in [0.05, 0.1) is 11.8 Å². The lowest BCUT2D eigenvalue weighted by Crippen LogP contribution is -2.21. The molecule has 0 aliphatic carbocycles. The number of hydrogen-bond donors (Lipinski definition) is 1. The van der Waals surface area contributed by atoms with Crippen LogP contribution in [0.25, 0.3) is 0 Å². The Bertz CT molecular complexity index is 535. The highest BCUT2D eigenvalue weighted by molar-refractivity contribution is 7.94. The van der Waals surface area contributed by atoms with Crippen molar-refractivity contribution < 1.29 is 8.42 Å². The van der Waals surface area contributed by atoms with Gasteiger partial charge in [0.25, 0.3) is 0 Å². The highest BCUT2D eigenvalue weighted by Crippen LogP contribution is 2.20. The molecule has 4 nitrogen and oxygen atoms in total. The summed E-state index contributed by atoms with van der Waals surface area (Å²) in [5.41, 5.74) is 2.02. The predicted octanol–water partition coefficient (Wildman–Crippen LogP) is 1.48. The summed E-state index contributed by atoms with van der Waals surface area (Å²) in [6, 6.07) is 7.76. The van der Waals surface area contributed by atoms with Gasteiger partial charge < -0.3 is 10.2 Å². The van der Waals surface area contributed by atoms with Gasteiger partial charge in [-0.2, -0.15) is 0 Å². The van der Waals surface area contributed by atoms with E-state index in [-0.39, 0.29) is 11.8 Å². The summed E-state index contributed by atoms with van der Waals surface area (Å²) < 4.78 is 22.5. The van der Waals surface area contributed by atoms with Gasteiger partial charge in [-0.1, -0.05) is 12.1 Å². The number of nitrogens with one attached hydrogen (secondary N) is 1. The summed E-state index contributed by atoms with van der Waals surface area (Å²) in [4.78, 5) is 2.01. The molecule has 0 radical (unpaired) electrons. The van der Waals surface area contributed by atoms with Gasteiger partial charge in [0.2, 0.25) is 0 Å². The van der Waals surface area contributed by atoms with Crippen molar-refractivity contribution in [3.8, 4) is 0 Å². The Hall–Kier alpha value is -1.49. The van der Waals surface area contributed by atoms with Gasteiger partial charge in [0, 0.05) is 30.9 Å². The maximum Gasteiger partial charge on any atom is 0.173 e. The quantitative estimate of drug-likeness (QED) is 0.885. The van der Waals surface area contributed by atoms with Crippen LogP contribution in [0.1, 0.15) is 0 Å².